The molecule has 5 nitrogen and oxygen atoms in total. The molecule has 1 N–H and O–H groups in total. The number of esters is 1. The molecule has 1 atom stereocenters. The summed E-state index contributed by atoms with van der Waals surface area (Å²) < 4.78 is 4.84. The first kappa shape index (κ1) is 16.2. The molecule has 0 heterocycles. The Kier molecular flexibility index (Phi) is 5.46. The molecule has 2 aromatic rings. The summed E-state index contributed by atoms with van der Waals surface area (Å²) in [6, 6.07) is 17.4. The third-order valence-corrected chi connectivity index (χ3v) is 3.35. The zero-order chi connectivity index (χ0) is 16.7. The van der Waals surface area contributed by atoms with Gasteiger partial charge in [-0.3, -0.25) is 5.32 Å². The minimum Gasteiger partial charge on any atom is -0.468 e. The van der Waals surface area contributed by atoms with Crippen LogP contribution < -0.4 is 5.32 Å². The lowest BCUT2D eigenvalue weighted by Gasteiger charge is -2.17. The molecule has 0 fully saturated rings. The fourth-order valence-corrected chi connectivity index (χ4v) is 2.21. The fraction of sp³-hybridized carbons (Fsp3) is 0.167. The number of methoxy groups -OCH3 is 1. The second kappa shape index (κ2) is 7.74. The summed E-state index contributed by atoms with van der Waals surface area (Å²) in [6.07, 6.45) is 0. The Morgan fingerprint density at radius 3 is 2.43 bits per heavy atom. The highest BCUT2D eigenvalue weighted by atomic mass is 16.5. The van der Waals surface area contributed by atoms with Gasteiger partial charge in [0.1, 0.15) is 6.04 Å². The molecule has 23 heavy (non-hydrogen) atoms. The van der Waals surface area contributed by atoms with E-state index in [4.69, 9.17) is 15.3 Å². The number of carbonyl (C=O) groups excluding carboxylic acids is 1. The van der Waals surface area contributed by atoms with Gasteiger partial charge in [0.2, 0.25) is 0 Å². The van der Waals surface area contributed by atoms with Crippen molar-refractivity contribution in [2.45, 2.75) is 12.6 Å². The van der Waals surface area contributed by atoms with E-state index < -0.39 is 12.0 Å². The second-order valence-electron chi connectivity index (χ2n) is 4.89. The maximum absolute atomic E-state index is 12.0. The molecule has 0 aliphatic heterocycles. The zero-order valence-corrected chi connectivity index (χ0v) is 12.6. The summed E-state index contributed by atoms with van der Waals surface area (Å²) in [5, 5.41) is 21.0. The summed E-state index contributed by atoms with van der Waals surface area (Å²) >= 11 is 0. The maximum atomic E-state index is 12.0. The number of hydrogen-bond acceptors (Lipinski definition) is 5. The Labute approximate surface area is 134 Å². The number of benzene rings is 2. The summed E-state index contributed by atoms with van der Waals surface area (Å²) in [5.41, 5.74) is 2.58. The van der Waals surface area contributed by atoms with Crippen LogP contribution in [0.25, 0.3) is 0 Å². The molecule has 0 unspecified atom stereocenters. The minimum absolute atomic E-state index is 0.395. The lowest BCUT2D eigenvalue weighted by molar-refractivity contribution is -0.143. The van der Waals surface area contributed by atoms with Crippen molar-refractivity contribution in [2.75, 3.05) is 7.11 Å². The van der Waals surface area contributed by atoms with Gasteiger partial charge in [-0.1, -0.05) is 24.3 Å². The summed E-state index contributed by atoms with van der Waals surface area (Å²) in [5.74, 6) is -0.434. The highest BCUT2D eigenvalue weighted by Crippen LogP contribution is 2.17. The third kappa shape index (κ3) is 4.16. The van der Waals surface area contributed by atoms with Crippen LogP contribution in [0.1, 0.15) is 28.3 Å². The van der Waals surface area contributed by atoms with Crippen LogP contribution >= 0.6 is 0 Å². The van der Waals surface area contributed by atoms with Crippen LogP contribution in [0.5, 0.6) is 0 Å². The van der Waals surface area contributed by atoms with Crippen molar-refractivity contribution in [2.24, 2.45) is 0 Å². The normalized spacial score (nSPS) is 11.1. The Bertz CT molecular complexity index is 787. The second-order valence-corrected chi connectivity index (χ2v) is 4.89. The number of ether oxygens (including phenoxy) is 1. The lowest BCUT2D eigenvalue weighted by atomic mass is 10.0. The molecule has 0 spiro atoms. The van der Waals surface area contributed by atoms with Gasteiger partial charge in [0.05, 0.1) is 30.4 Å². The van der Waals surface area contributed by atoms with Crippen molar-refractivity contribution >= 4 is 5.97 Å². The molecule has 114 valence electrons. The summed E-state index contributed by atoms with van der Waals surface area (Å²) in [7, 11) is 1.32. The molecule has 0 amide bonds. The molecule has 0 aliphatic rings. The molecule has 0 bridgehead atoms. The molecular formula is C18H15N3O2. The summed E-state index contributed by atoms with van der Waals surface area (Å²) in [6.45, 7) is 0.395. The standard InChI is InChI=1S/C18H15N3O2/c1-23-18(22)17(16-7-3-5-14(9-16)11-20)21-12-15-6-2-4-13(8-15)10-19/h2-9,17,21H,12H2,1H3/t17-/m0/s1. The van der Waals surface area contributed by atoms with E-state index in [1.165, 1.54) is 7.11 Å². The van der Waals surface area contributed by atoms with Crippen LogP contribution in [-0.2, 0) is 16.1 Å². The molecule has 0 radical (unpaired) electrons. The highest BCUT2D eigenvalue weighted by Gasteiger charge is 2.21. The van der Waals surface area contributed by atoms with Gasteiger partial charge in [-0.05, 0) is 35.4 Å². The van der Waals surface area contributed by atoms with Crippen LogP contribution in [0.2, 0.25) is 0 Å². The van der Waals surface area contributed by atoms with Crippen molar-refractivity contribution in [1.29, 1.82) is 10.5 Å². The van der Waals surface area contributed by atoms with Gasteiger partial charge < -0.3 is 4.74 Å². The molecule has 5 heteroatoms. The van der Waals surface area contributed by atoms with Crippen molar-refractivity contribution < 1.29 is 9.53 Å². The van der Waals surface area contributed by atoms with E-state index in [9.17, 15) is 4.79 Å². The first-order chi connectivity index (χ1) is 11.2. The van der Waals surface area contributed by atoms with Crippen LogP contribution in [0.15, 0.2) is 48.5 Å². The number of carbonyl (C=O) groups is 1. The van der Waals surface area contributed by atoms with Gasteiger partial charge in [-0.25, -0.2) is 4.79 Å². The van der Waals surface area contributed by atoms with E-state index in [-0.39, 0.29) is 0 Å². The average Bonchev–Trinajstić information content (AvgIpc) is 2.62. The predicted octanol–water partition coefficient (Wildman–Crippen LogP) is 2.43. The monoisotopic (exact) mass is 305 g/mol. The molecular weight excluding hydrogens is 290 g/mol. The number of nitriles is 2. The highest BCUT2D eigenvalue weighted by molar-refractivity contribution is 5.77. The number of rotatable bonds is 5. The molecule has 2 rings (SSSR count). The molecule has 0 saturated heterocycles. The minimum atomic E-state index is -0.681. The Balaban J connectivity index is 2.21. The summed E-state index contributed by atoms with van der Waals surface area (Å²) in [4.78, 5) is 12.0. The molecule has 2 aromatic carbocycles. The van der Waals surface area contributed by atoms with Gasteiger partial charge in [0, 0.05) is 6.54 Å². The van der Waals surface area contributed by atoms with Crippen LogP contribution in [0.3, 0.4) is 0 Å². The molecule has 0 aliphatic carbocycles. The van der Waals surface area contributed by atoms with Crippen molar-refractivity contribution in [1.82, 2.24) is 5.32 Å². The molecule has 0 aromatic heterocycles. The largest absolute Gasteiger partial charge is 0.468 e. The number of nitrogens with one attached hydrogen (secondary N) is 1. The van der Waals surface area contributed by atoms with E-state index in [2.05, 4.69) is 17.5 Å². The quantitative estimate of drug-likeness (QED) is 0.857. The van der Waals surface area contributed by atoms with Crippen molar-refractivity contribution in [3.8, 4) is 12.1 Å². The van der Waals surface area contributed by atoms with E-state index in [0.717, 1.165) is 5.56 Å². The van der Waals surface area contributed by atoms with E-state index in [1.807, 2.05) is 6.07 Å². The van der Waals surface area contributed by atoms with Gasteiger partial charge in [-0.2, -0.15) is 10.5 Å². The SMILES string of the molecule is COC(=O)[C@@H](NCc1cccc(C#N)c1)c1cccc(C#N)c1. The topological polar surface area (TPSA) is 85.9 Å². The van der Waals surface area contributed by atoms with E-state index in [0.29, 0.717) is 23.2 Å². The lowest BCUT2D eigenvalue weighted by Crippen LogP contribution is -2.29. The van der Waals surface area contributed by atoms with Crippen molar-refractivity contribution in [3.63, 3.8) is 0 Å². The van der Waals surface area contributed by atoms with Crippen LogP contribution in [0.4, 0.5) is 0 Å². The van der Waals surface area contributed by atoms with Gasteiger partial charge in [0.25, 0.3) is 0 Å². The first-order valence-corrected chi connectivity index (χ1v) is 6.98. The Hall–Kier alpha value is -3.15. The average molecular weight is 305 g/mol. The first-order valence-electron chi connectivity index (χ1n) is 6.98. The maximum Gasteiger partial charge on any atom is 0.327 e. The van der Waals surface area contributed by atoms with Gasteiger partial charge in [-0.15, -0.1) is 0 Å². The van der Waals surface area contributed by atoms with E-state index >= 15 is 0 Å². The van der Waals surface area contributed by atoms with Crippen LogP contribution in [0, 0.1) is 22.7 Å². The van der Waals surface area contributed by atoms with Crippen LogP contribution in [-0.4, -0.2) is 13.1 Å². The Morgan fingerprint density at radius 2 is 1.78 bits per heavy atom. The predicted molar refractivity (Wildman–Crippen MR) is 83.9 cm³/mol. The molecule has 0 saturated carbocycles. The number of nitrogens with zero attached hydrogens (tertiary/aromatic N) is 2. The Morgan fingerprint density at radius 1 is 1.13 bits per heavy atom. The zero-order valence-electron chi connectivity index (χ0n) is 12.6. The fourth-order valence-electron chi connectivity index (χ4n) is 2.21. The smallest absolute Gasteiger partial charge is 0.327 e. The number of hydrogen-bond donors (Lipinski definition) is 1. The van der Waals surface area contributed by atoms with E-state index in [1.54, 1.807) is 42.5 Å². The third-order valence-electron chi connectivity index (χ3n) is 3.35. The van der Waals surface area contributed by atoms with Crippen molar-refractivity contribution in [3.05, 3.63) is 70.8 Å². The van der Waals surface area contributed by atoms with Gasteiger partial charge >= 0.3 is 5.97 Å². The van der Waals surface area contributed by atoms with Gasteiger partial charge in [0.15, 0.2) is 0 Å².